The Balaban J connectivity index is 1.87. The molecule has 1 aliphatic carbocycles. The maximum absolute atomic E-state index is 12.0. The number of hydrogen-bond acceptors (Lipinski definition) is 2. The van der Waals surface area contributed by atoms with Gasteiger partial charge in [-0.25, -0.2) is 4.79 Å². The van der Waals surface area contributed by atoms with Crippen LogP contribution >= 0.6 is 31.9 Å². The van der Waals surface area contributed by atoms with Crippen molar-refractivity contribution in [2.75, 3.05) is 5.32 Å². The molecular formula is C14H16Br2N2O3. The van der Waals surface area contributed by atoms with E-state index in [2.05, 4.69) is 42.5 Å². The molecule has 1 aromatic carbocycles. The van der Waals surface area contributed by atoms with Crippen LogP contribution in [0.15, 0.2) is 27.1 Å². The van der Waals surface area contributed by atoms with Gasteiger partial charge in [0.25, 0.3) is 0 Å². The van der Waals surface area contributed by atoms with E-state index in [1.54, 1.807) is 0 Å². The van der Waals surface area contributed by atoms with Crippen molar-refractivity contribution in [3.63, 3.8) is 0 Å². The van der Waals surface area contributed by atoms with E-state index in [-0.39, 0.29) is 18.0 Å². The third kappa shape index (κ3) is 4.44. The largest absolute Gasteiger partial charge is 0.481 e. The average Bonchev–Trinajstić information content (AvgIpc) is 2.43. The Labute approximate surface area is 139 Å². The van der Waals surface area contributed by atoms with Gasteiger partial charge >= 0.3 is 12.0 Å². The second-order valence-electron chi connectivity index (χ2n) is 5.08. The van der Waals surface area contributed by atoms with E-state index < -0.39 is 5.97 Å². The Morgan fingerprint density at radius 2 is 1.67 bits per heavy atom. The molecule has 1 saturated carbocycles. The van der Waals surface area contributed by atoms with Gasteiger partial charge in [-0.2, -0.15) is 0 Å². The highest BCUT2D eigenvalue weighted by Crippen LogP contribution is 2.30. The van der Waals surface area contributed by atoms with Crippen LogP contribution in [0.2, 0.25) is 0 Å². The number of carboxylic acid groups (broad SMARTS) is 1. The van der Waals surface area contributed by atoms with E-state index in [0.29, 0.717) is 31.4 Å². The molecular weight excluding hydrogens is 404 g/mol. The summed E-state index contributed by atoms with van der Waals surface area (Å²) in [5, 5.41) is 14.6. The summed E-state index contributed by atoms with van der Waals surface area (Å²) in [5.41, 5.74) is 0.675. The predicted molar refractivity (Wildman–Crippen MR) is 87.4 cm³/mol. The SMILES string of the molecule is O=C(Nc1c(Br)cccc1Br)NC1CCC(C(=O)O)CC1. The summed E-state index contributed by atoms with van der Waals surface area (Å²) in [6.07, 6.45) is 2.61. The van der Waals surface area contributed by atoms with Crippen molar-refractivity contribution in [2.24, 2.45) is 5.92 Å². The second-order valence-corrected chi connectivity index (χ2v) is 6.79. The molecule has 3 N–H and O–H groups in total. The zero-order valence-corrected chi connectivity index (χ0v) is 14.4. The maximum Gasteiger partial charge on any atom is 0.319 e. The Morgan fingerprint density at radius 3 is 2.19 bits per heavy atom. The molecule has 2 rings (SSSR count). The van der Waals surface area contributed by atoms with Gasteiger partial charge in [0, 0.05) is 15.0 Å². The van der Waals surface area contributed by atoms with Crippen molar-refractivity contribution in [2.45, 2.75) is 31.7 Å². The van der Waals surface area contributed by atoms with Gasteiger partial charge < -0.3 is 15.7 Å². The number of carboxylic acids is 1. The molecule has 1 aliphatic rings. The van der Waals surface area contributed by atoms with E-state index in [9.17, 15) is 9.59 Å². The lowest BCUT2D eigenvalue weighted by Crippen LogP contribution is -2.41. The summed E-state index contributed by atoms with van der Waals surface area (Å²) in [6.45, 7) is 0. The number of rotatable bonds is 3. The fraction of sp³-hybridized carbons (Fsp3) is 0.429. The summed E-state index contributed by atoms with van der Waals surface area (Å²) in [7, 11) is 0. The molecule has 21 heavy (non-hydrogen) atoms. The monoisotopic (exact) mass is 418 g/mol. The van der Waals surface area contributed by atoms with Gasteiger partial charge in [-0.3, -0.25) is 4.79 Å². The summed E-state index contributed by atoms with van der Waals surface area (Å²) < 4.78 is 1.59. The van der Waals surface area contributed by atoms with Crippen LogP contribution in [0, 0.1) is 5.92 Å². The molecule has 0 unspecified atom stereocenters. The molecule has 0 bridgehead atoms. The van der Waals surface area contributed by atoms with Crippen LogP contribution < -0.4 is 10.6 Å². The first-order valence-electron chi connectivity index (χ1n) is 6.71. The number of nitrogens with one attached hydrogen (secondary N) is 2. The normalized spacial score (nSPS) is 21.6. The molecule has 1 fully saturated rings. The van der Waals surface area contributed by atoms with Crippen molar-refractivity contribution in [1.29, 1.82) is 0 Å². The zero-order valence-electron chi connectivity index (χ0n) is 11.2. The topological polar surface area (TPSA) is 78.4 Å². The molecule has 2 amide bonds. The molecule has 0 aromatic heterocycles. The van der Waals surface area contributed by atoms with Crippen LogP contribution in [-0.2, 0) is 4.79 Å². The second kappa shape index (κ2) is 7.26. The fourth-order valence-electron chi connectivity index (χ4n) is 2.44. The molecule has 5 nitrogen and oxygen atoms in total. The number of halogens is 2. The fourth-order valence-corrected chi connectivity index (χ4v) is 3.63. The molecule has 0 saturated heterocycles. The molecule has 114 valence electrons. The standard InChI is InChI=1S/C14H16Br2N2O3/c15-10-2-1-3-11(16)12(10)18-14(21)17-9-6-4-8(5-7-9)13(19)20/h1-3,8-9H,4-7H2,(H,19,20)(H2,17,18,21). The summed E-state index contributed by atoms with van der Waals surface area (Å²) in [5.74, 6) is -1.02. The van der Waals surface area contributed by atoms with Crippen molar-refractivity contribution >= 4 is 49.5 Å². The number of amides is 2. The van der Waals surface area contributed by atoms with E-state index >= 15 is 0 Å². The number of para-hydroxylation sites is 1. The molecule has 0 radical (unpaired) electrons. The highest BCUT2D eigenvalue weighted by molar-refractivity contribution is 9.11. The maximum atomic E-state index is 12.0. The van der Waals surface area contributed by atoms with Crippen LogP contribution in [0.1, 0.15) is 25.7 Å². The Bertz CT molecular complexity index is 523. The number of urea groups is 1. The van der Waals surface area contributed by atoms with Crippen LogP contribution in [0.25, 0.3) is 0 Å². The van der Waals surface area contributed by atoms with Crippen LogP contribution in [0.4, 0.5) is 10.5 Å². The minimum absolute atomic E-state index is 0.0295. The Morgan fingerprint density at radius 1 is 1.10 bits per heavy atom. The van der Waals surface area contributed by atoms with Crippen molar-refractivity contribution in [1.82, 2.24) is 5.32 Å². The molecule has 0 atom stereocenters. The quantitative estimate of drug-likeness (QED) is 0.693. The third-order valence-corrected chi connectivity index (χ3v) is 4.93. The number of anilines is 1. The lowest BCUT2D eigenvalue weighted by Gasteiger charge is -2.27. The summed E-state index contributed by atoms with van der Waals surface area (Å²) in [6, 6.07) is 5.31. The molecule has 0 heterocycles. The lowest BCUT2D eigenvalue weighted by atomic mass is 9.86. The average molecular weight is 420 g/mol. The third-order valence-electron chi connectivity index (χ3n) is 3.61. The zero-order chi connectivity index (χ0) is 15.4. The minimum atomic E-state index is -0.741. The summed E-state index contributed by atoms with van der Waals surface area (Å²) >= 11 is 6.77. The molecule has 0 aliphatic heterocycles. The molecule has 1 aromatic rings. The van der Waals surface area contributed by atoms with Gasteiger partial charge in [0.05, 0.1) is 11.6 Å². The lowest BCUT2D eigenvalue weighted by molar-refractivity contribution is -0.142. The van der Waals surface area contributed by atoms with E-state index in [4.69, 9.17) is 5.11 Å². The number of benzene rings is 1. The van der Waals surface area contributed by atoms with Crippen LogP contribution in [-0.4, -0.2) is 23.1 Å². The van der Waals surface area contributed by atoms with Gasteiger partial charge in [-0.05, 0) is 69.7 Å². The van der Waals surface area contributed by atoms with Crippen molar-refractivity contribution in [3.05, 3.63) is 27.1 Å². The Hall–Kier alpha value is -1.08. The number of carbonyl (C=O) groups is 2. The number of aliphatic carboxylic acids is 1. The smallest absolute Gasteiger partial charge is 0.319 e. The molecule has 0 spiro atoms. The van der Waals surface area contributed by atoms with Crippen molar-refractivity contribution in [3.8, 4) is 0 Å². The minimum Gasteiger partial charge on any atom is -0.481 e. The van der Waals surface area contributed by atoms with Crippen LogP contribution in [0.5, 0.6) is 0 Å². The van der Waals surface area contributed by atoms with Crippen LogP contribution in [0.3, 0.4) is 0 Å². The highest BCUT2D eigenvalue weighted by atomic mass is 79.9. The van der Waals surface area contributed by atoms with Gasteiger partial charge in [0.2, 0.25) is 0 Å². The highest BCUT2D eigenvalue weighted by Gasteiger charge is 2.26. The van der Waals surface area contributed by atoms with E-state index in [1.807, 2.05) is 18.2 Å². The number of carbonyl (C=O) groups excluding carboxylic acids is 1. The first-order valence-corrected chi connectivity index (χ1v) is 8.30. The van der Waals surface area contributed by atoms with Crippen molar-refractivity contribution < 1.29 is 14.7 Å². The first-order chi connectivity index (χ1) is 9.97. The Kier molecular flexibility index (Phi) is 5.64. The van der Waals surface area contributed by atoms with Gasteiger partial charge in [0.1, 0.15) is 0 Å². The first kappa shape index (κ1) is 16.3. The van der Waals surface area contributed by atoms with Gasteiger partial charge in [0.15, 0.2) is 0 Å². The number of hydrogen-bond donors (Lipinski definition) is 3. The molecule has 7 heteroatoms. The predicted octanol–water partition coefficient (Wildman–Crippen LogP) is 3.98. The van der Waals surface area contributed by atoms with Gasteiger partial charge in [-0.15, -0.1) is 0 Å². The summed E-state index contributed by atoms with van der Waals surface area (Å²) in [4.78, 5) is 22.9. The van der Waals surface area contributed by atoms with E-state index in [0.717, 1.165) is 8.95 Å². The van der Waals surface area contributed by atoms with E-state index in [1.165, 1.54) is 0 Å². The van der Waals surface area contributed by atoms with Gasteiger partial charge in [-0.1, -0.05) is 6.07 Å².